The van der Waals surface area contributed by atoms with E-state index in [0.29, 0.717) is 12.6 Å². The van der Waals surface area contributed by atoms with Gasteiger partial charge < -0.3 is 10.1 Å². The third-order valence-electron chi connectivity index (χ3n) is 4.43. The molecule has 0 radical (unpaired) electrons. The molecule has 1 aliphatic rings. The summed E-state index contributed by atoms with van der Waals surface area (Å²) in [6, 6.07) is 9.08. The molecule has 0 amide bonds. The second-order valence-electron chi connectivity index (χ2n) is 6.13. The van der Waals surface area contributed by atoms with Crippen LogP contribution in [0.25, 0.3) is 0 Å². The largest absolute Gasteiger partial charge is 0.490 e. The van der Waals surface area contributed by atoms with Crippen LogP contribution in [0.2, 0.25) is 0 Å². The Morgan fingerprint density at radius 3 is 2.52 bits per heavy atom. The normalized spacial score (nSPS) is 22.0. The van der Waals surface area contributed by atoms with Crippen LogP contribution in [0.4, 0.5) is 0 Å². The highest BCUT2D eigenvalue weighted by molar-refractivity contribution is 5.27. The van der Waals surface area contributed by atoms with E-state index in [1.165, 1.54) is 44.1 Å². The fourth-order valence-corrected chi connectivity index (χ4v) is 3.18. The maximum absolute atomic E-state index is 5.50. The van der Waals surface area contributed by atoms with Gasteiger partial charge in [-0.1, -0.05) is 44.6 Å². The average Bonchev–Trinajstić information content (AvgIpc) is 2.53. The number of ether oxygens (including phenoxy) is 1. The van der Waals surface area contributed by atoms with Crippen molar-refractivity contribution in [2.75, 3.05) is 6.61 Å². The minimum atomic E-state index is 0.568. The molecule has 0 saturated heterocycles. The highest BCUT2D eigenvalue weighted by atomic mass is 16.5. The Hall–Kier alpha value is -1.28. The van der Waals surface area contributed by atoms with Gasteiger partial charge in [-0.15, -0.1) is 0 Å². The van der Waals surface area contributed by atoms with Gasteiger partial charge in [0.2, 0.25) is 0 Å². The second-order valence-corrected chi connectivity index (χ2v) is 6.13. The van der Waals surface area contributed by atoms with Gasteiger partial charge in [0, 0.05) is 12.6 Å². The van der Waals surface area contributed by atoms with E-state index in [1.807, 2.05) is 12.1 Å². The number of nitrogens with one attached hydrogen (secondary N) is 1. The van der Waals surface area contributed by atoms with Crippen LogP contribution in [0.15, 0.2) is 36.9 Å². The minimum absolute atomic E-state index is 0.568. The van der Waals surface area contributed by atoms with Crippen LogP contribution in [0, 0.1) is 5.92 Å². The first-order valence-corrected chi connectivity index (χ1v) is 8.37. The predicted octanol–water partition coefficient (Wildman–Crippen LogP) is 4.70. The molecule has 0 atom stereocenters. The molecule has 1 saturated carbocycles. The molecule has 2 rings (SSSR count). The summed E-state index contributed by atoms with van der Waals surface area (Å²) in [6.45, 7) is 7.49. The van der Waals surface area contributed by atoms with E-state index < -0.39 is 0 Å². The van der Waals surface area contributed by atoms with E-state index >= 15 is 0 Å². The Balaban J connectivity index is 1.70. The van der Waals surface area contributed by atoms with Crippen molar-refractivity contribution in [3.8, 4) is 5.75 Å². The Labute approximate surface area is 129 Å². The Bertz CT molecular complexity index is 404. The lowest BCUT2D eigenvalue weighted by molar-refractivity contribution is 0.277. The lowest BCUT2D eigenvalue weighted by Crippen LogP contribution is -2.32. The summed E-state index contributed by atoms with van der Waals surface area (Å²) in [7, 11) is 0. The van der Waals surface area contributed by atoms with Crippen molar-refractivity contribution in [2.45, 2.75) is 58.0 Å². The van der Waals surface area contributed by atoms with E-state index in [0.717, 1.165) is 18.2 Å². The molecule has 1 N–H and O–H groups in total. The molecule has 0 aliphatic heterocycles. The van der Waals surface area contributed by atoms with E-state index in [1.54, 1.807) is 6.08 Å². The maximum atomic E-state index is 5.50. The molecule has 21 heavy (non-hydrogen) atoms. The molecule has 116 valence electrons. The van der Waals surface area contributed by atoms with Crippen LogP contribution in [0.3, 0.4) is 0 Å². The van der Waals surface area contributed by atoms with Gasteiger partial charge in [0.1, 0.15) is 12.4 Å². The van der Waals surface area contributed by atoms with Gasteiger partial charge in [-0.2, -0.15) is 0 Å². The molecule has 0 unspecified atom stereocenters. The van der Waals surface area contributed by atoms with Gasteiger partial charge in [0.05, 0.1) is 0 Å². The molecule has 2 heteroatoms. The topological polar surface area (TPSA) is 21.3 Å². The fourth-order valence-electron chi connectivity index (χ4n) is 3.18. The molecule has 1 aliphatic carbocycles. The summed E-state index contributed by atoms with van der Waals surface area (Å²) < 4.78 is 5.50. The molecule has 0 bridgehead atoms. The molecule has 1 aromatic rings. The lowest BCUT2D eigenvalue weighted by Gasteiger charge is -2.29. The second kappa shape index (κ2) is 8.89. The predicted molar refractivity (Wildman–Crippen MR) is 89.6 cm³/mol. The molecule has 1 fully saturated rings. The summed E-state index contributed by atoms with van der Waals surface area (Å²) in [5, 5.41) is 3.71. The van der Waals surface area contributed by atoms with Crippen molar-refractivity contribution in [2.24, 2.45) is 5.92 Å². The van der Waals surface area contributed by atoms with Crippen molar-refractivity contribution in [1.82, 2.24) is 5.32 Å². The highest BCUT2D eigenvalue weighted by Crippen LogP contribution is 2.27. The molecular weight excluding hydrogens is 258 g/mol. The van der Waals surface area contributed by atoms with Crippen LogP contribution in [-0.2, 0) is 6.54 Å². The lowest BCUT2D eigenvalue weighted by atomic mass is 9.83. The van der Waals surface area contributed by atoms with Gasteiger partial charge in [-0.25, -0.2) is 0 Å². The zero-order valence-corrected chi connectivity index (χ0v) is 13.3. The summed E-state index contributed by atoms with van der Waals surface area (Å²) in [6.07, 6.45) is 10.0. The van der Waals surface area contributed by atoms with Crippen molar-refractivity contribution in [3.05, 3.63) is 42.5 Å². The number of benzene rings is 1. The number of hydrogen-bond acceptors (Lipinski definition) is 2. The number of rotatable bonds is 8. The number of hydrogen-bond donors (Lipinski definition) is 1. The van der Waals surface area contributed by atoms with E-state index in [9.17, 15) is 0 Å². The van der Waals surface area contributed by atoms with Gasteiger partial charge >= 0.3 is 0 Å². The molecular formula is C19H29NO. The summed E-state index contributed by atoms with van der Waals surface area (Å²) in [4.78, 5) is 0. The van der Waals surface area contributed by atoms with Gasteiger partial charge in [0.25, 0.3) is 0 Å². The van der Waals surface area contributed by atoms with Crippen LogP contribution in [0.5, 0.6) is 5.75 Å². The van der Waals surface area contributed by atoms with E-state index in [4.69, 9.17) is 4.74 Å². The van der Waals surface area contributed by atoms with Crippen LogP contribution in [0.1, 0.15) is 51.0 Å². The van der Waals surface area contributed by atoms with E-state index in [2.05, 4.69) is 31.0 Å². The van der Waals surface area contributed by atoms with Gasteiger partial charge in [0.15, 0.2) is 0 Å². The van der Waals surface area contributed by atoms with E-state index in [-0.39, 0.29) is 0 Å². The van der Waals surface area contributed by atoms with Crippen molar-refractivity contribution in [3.63, 3.8) is 0 Å². The van der Waals surface area contributed by atoms with Crippen LogP contribution in [-0.4, -0.2) is 12.6 Å². The molecule has 0 spiro atoms. The summed E-state index contributed by atoms with van der Waals surface area (Å²) >= 11 is 0. The average molecular weight is 287 g/mol. The zero-order valence-electron chi connectivity index (χ0n) is 13.3. The third kappa shape index (κ3) is 5.55. The van der Waals surface area contributed by atoms with Crippen LogP contribution >= 0.6 is 0 Å². The minimum Gasteiger partial charge on any atom is -0.490 e. The van der Waals surface area contributed by atoms with Crippen molar-refractivity contribution in [1.29, 1.82) is 0 Å². The first kappa shape index (κ1) is 16.1. The Kier molecular flexibility index (Phi) is 6.81. The van der Waals surface area contributed by atoms with Gasteiger partial charge in [-0.3, -0.25) is 0 Å². The van der Waals surface area contributed by atoms with Crippen molar-refractivity contribution < 1.29 is 4.74 Å². The SMILES string of the molecule is C=CCOc1ccc(CNC2CCC(CCC)CC2)cc1. The molecule has 1 aromatic carbocycles. The zero-order chi connectivity index (χ0) is 14.9. The quantitative estimate of drug-likeness (QED) is 0.700. The van der Waals surface area contributed by atoms with Crippen molar-refractivity contribution >= 4 is 0 Å². The standard InChI is InChI=1S/C19H29NO/c1-3-5-16-6-10-18(11-7-16)20-15-17-8-12-19(13-9-17)21-14-4-2/h4,8-9,12-13,16,18,20H,2-3,5-7,10-11,14-15H2,1H3. The summed E-state index contributed by atoms with van der Waals surface area (Å²) in [5.74, 6) is 1.90. The molecule has 0 aromatic heterocycles. The maximum Gasteiger partial charge on any atom is 0.119 e. The Morgan fingerprint density at radius 1 is 1.19 bits per heavy atom. The third-order valence-corrected chi connectivity index (χ3v) is 4.43. The monoisotopic (exact) mass is 287 g/mol. The first-order valence-electron chi connectivity index (χ1n) is 8.37. The van der Waals surface area contributed by atoms with Gasteiger partial charge in [-0.05, 0) is 49.3 Å². The first-order chi connectivity index (χ1) is 10.3. The molecule has 0 heterocycles. The molecule has 2 nitrogen and oxygen atoms in total. The summed E-state index contributed by atoms with van der Waals surface area (Å²) in [5.41, 5.74) is 1.33. The van der Waals surface area contributed by atoms with Crippen LogP contribution < -0.4 is 10.1 Å². The smallest absolute Gasteiger partial charge is 0.119 e. The fraction of sp³-hybridized carbons (Fsp3) is 0.579. The highest BCUT2D eigenvalue weighted by Gasteiger charge is 2.19. The Morgan fingerprint density at radius 2 is 1.90 bits per heavy atom.